The van der Waals surface area contributed by atoms with Gasteiger partial charge in [-0.05, 0) is 67.3 Å². The molecule has 0 unspecified atom stereocenters. The van der Waals surface area contributed by atoms with Crippen LogP contribution in [0.5, 0.6) is 5.75 Å². The smallest absolute Gasteiger partial charge is 0.340 e. The Morgan fingerprint density at radius 3 is 2.81 bits per heavy atom. The molecule has 0 aliphatic carbocycles. The molecule has 1 amide bonds. The zero-order valence-electron chi connectivity index (χ0n) is 17.6. The average Bonchev–Trinajstić information content (AvgIpc) is 3.12. The van der Waals surface area contributed by atoms with Crippen LogP contribution in [0, 0.1) is 13.8 Å². The van der Waals surface area contributed by atoms with Gasteiger partial charge in [0.25, 0.3) is 0 Å². The van der Waals surface area contributed by atoms with Gasteiger partial charge in [0.15, 0.2) is 0 Å². The van der Waals surface area contributed by atoms with Gasteiger partial charge in [0.05, 0.1) is 24.5 Å². The van der Waals surface area contributed by atoms with Crippen molar-refractivity contribution in [2.24, 2.45) is 0 Å². The molecule has 0 spiro atoms. The Labute approximate surface area is 184 Å². The molecule has 0 bridgehead atoms. The van der Waals surface area contributed by atoms with Crippen molar-refractivity contribution in [3.8, 4) is 5.75 Å². The first kappa shape index (κ1) is 21.0. The Morgan fingerprint density at radius 2 is 2.03 bits per heavy atom. The Balaban J connectivity index is 1.50. The lowest BCUT2D eigenvalue weighted by Gasteiger charge is -2.12. The van der Waals surface area contributed by atoms with Gasteiger partial charge in [0.1, 0.15) is 11.3 Å². The number of hydrogen-bond donors (Lipinski definition) is 2. The number of aromatic amines is 1. The third kappa shape index (κ3) is 4.16. The van der Waals surface area contributed by atoms with Crippen LogP contribution in [-0.4, -0.2) is 24.5 Å². The number of H-pyrrole nitrogens is 1. The molecule has 4 aromatic rings. The summed E-state index contributed by atoms with van der Waals surface area (Å²) in [5, 5.41) is 5.31. The maximum atomic E-state index is 12.6. The zero-order chi connectivity index (χ0) is 22.1. The van der Waals surface area contributed by atoms with Crippen LogP contribution in [0.4, 0.5) is 0 Å². The molecule has 0 radical (unpaired) electrons. The van der Waals surface area contributed by atoms with E-state index in [0.29, 0.717) is 45.8 Å². The van der Waals surface area contributed by atoms with Crippen LogP contribution in [0.1, 0.15) is 22.3 Å². The van der Waals surface area contributed by atoms with Crippen molar-refractivity contribution in [3.63, 3.8) is 0 Å². The van der Waals surface area contributed by atoms with E-state index in [1.54, 1.807) is 13.2 Å². The molecule has 31 heavy (non-hydrogen) atoms. The Hall–Kier alpha value is -3.25. The highest BCUT2D eigenvalue weighted by molar-refractivity contribution is 6.31. The molecule has 0 saturated heterocycles. The summed E-state index contributed by atoms with van der Waals surface area (Å²) in [5.74, 6) is 0.384. The first-order valence-electron chi connectivity index (χ1n) is 10.0. The second kappa shape index (κ2) is 8.47. The number of rotatable bonds is 6. The molecule has 0 aliphatic heterocycles. The number of halogens is 1. The lowest BCUT2D eigenvalue weighted by atomic mass is 10.0. The second-order valence-corrected chi connectivity index (χ2v) is 8.05. The fraction of sp³-hybridized carbons (Fsp3) is 0.250. The molecular weight excluding hydrogens is 416 g/mol. The zero-order valence-corrected chi connectivity index (χ0v) is 18.4. The van der Waals surface area contributed by atoms with E-state index in [4.69, 9.17) is 20.8 Å². The minimum Gasteiger partial charge on any atom is -0.496 e. The summed E-state index contributed by atoms with van der Waals surface area (Å²) in [7, 11) is 1.57. The molecule has 0 saturated carbocycles. The minimum atomic E-state index is -0.501. The molecule has 0 aliphatic rings. The lowest BCUT2D eigenvalue weighted by molar-refractivity contribution is -0.120. The summed E-state index contributed by atoms with van der Waals surface area (Å²) in [6, 6.07) is 9.34. The molecule has 4 rings (SSSR count). The predicted molar refractivity (Wildman–Crippen MR) is 122 cm³/mol. The molecule has 7 heteroatoms. The number of ether oxygens (including phenoxy) is 1. The predicted octanol–water partition coefficient (Wildman–Crippen LogP) is 4.45. The Morgan fingerprint density at radius 1 is 1.23 bits per heavy atom. The van der Waals surface area contributed by atoms with Gasteiger partial charge in [0.2, 0.25) is 5.91 Å². The summed E-state index contributed by atoms with van der Waals surface area (Å²) >= 11 is 6.09. The topological polar surface area (TPSA) is 84.3 Å². The molecule has 2 N–H and O–H groups in total. The highest BCUT2D eigenvalue weighted by Crippen LogP contribution is 2.30. The fourth-order valence-corrected chi connectivity index (χ4v) is 4.09. The Bertz CT molecular complexity index is 1350. The standard InChI is InChI=1S/C24H23ClN2O4/c1-13-8-20(30-3)23-14(2)17(24(29)31-21(23)9-13)11-22(28)26-7-6-15-12-27-19-5-4-16(25)10-18(15)19/h4-5,8-10,12,27H,6-7,11H2,1-3H3,(H,26,28). The normalized spacial score (nSPS) is 11.2. The van der Waals surface area contributed by atoms with Crippen molar-refractivity contribution >= 4 is 39.4 Å². The number of carbonyl (C=O) groups excluding carboxylic acids is 1. The van der Waals surface area contributed by atoms with Crippen LogP contribution in [0.25, 0.3) is 21.9 Å². The molecule has 6 nitrogen and oxygen atoms in total. The van der Waals surface area contributed by atoms with E-state index in [-0.39, 0.29) is 12.3 Å². The van der Waals surface area contributed by atoms with Crippen LogP contribution in [0.2, 0.25) is 5.02 Å². The quantitative estimate of drug-likeness (QED) is 0.435. The van der Waals surface area contributed by atoms with E-state index >= 15 is 0 Å². The lowest BCUT2D eigenvalue weighted by Crippen LogP contribution is -2.29. The van der Waals surface area contributed by atoms with Gasteiger partial charge in [0, 0.05) is 28.7 Å². The third-order valence-corrected chi connectivity index (χ3v) is 5.73. The van der Waals surface area contributed by atoms with Gasteiger partial charge in [-0.1, -0.05) is 11.6 Å². The van der Waals surface area contributed by atoms with Crippen LogP contribution < -0.4 is 15.7 Å². The van der Waals surface area contributed by atoms with E-state index in [2.05, 4.69) is 10.3 Å². The highest BCUT2D eigenvalue weighted by atomic mass is 35.5. The Kier molecular flexibility index (Phi) is 5.74. The van der Waals surface area contributed by atoms with Crippen LogP contribution in [-0.2, 0) is 17.6 Å². The summed E-state index contributed by atoms with van der Waals surface area (Å²) in [6.07, 6.45) is 2.51. The molecule has 0 fully saturated rings. The molecule has 2 aromatic heterocycles. The first-order valence-corrected chi connectivity index (χ1v) is 10.4. The number of aromatic nitrogens is 1. The van der Waals surface area contributed by atoms with E-state index in [0.717, 1.165) is 22.0 Å². The number of nitrogens with one attached hydrogen (secondary N) is 2. The summed E-state index contributed by atoms with van der Waals surface area (Å²) in [5.41, 5.74) is 3.99. The van der Waals surface area contributed by atoms with E-state index in [9.17, 15) is 9.59 Å². The van der Waals surface area contributed by atoms with Crippen molar-refractivity contribution in [2.45, 2.75) is 26.7 Å². The second-order valence-electron chi connectivity index (χ2n) is 7.61. The van der Waals surface area contributed by atoms with E-state index < -0.39 is 5.63 Å². The summed E-state index contributed by atoms with van der Waals surface area (Å²) in [4.78, 5) is 28.3. The number of fused-ring (bicyclic) bond motifs is 2. The van der Waals surface area contributed by atoms with Gasteiger partial charge in [-0.3, -0.25) is 4.79 Å². The van der Waals surface area contributed by atoms with Crippen LogP contribution in [0.3, 0.4) is 0 Å². The van der Waals surface area contributed by atoms with Gasteiger partial charge in [-0.25, -0.2) is 4.79 Å². The number of methoxy groups -OCH3 is 1. The van der Waals surface area contributed by atoms with Crippen molar-refractivity contribution < 1.29 is 13.9 Å². The summed E-state index contributed by atoms with van der Waals surface area (Å²) in [6.45, 7) is 4.16. The van der Waals surface area contributed by atoms with Crippen molar-refractivity contribution in [1.29, 1.82) is 0 Å². The van der Waals surface area contributed by atoms with Crippen LogP contribution >= 0.6 is 11.6 Å². The number of hydrogen-bond acceptors (Lipinski definition) is 4. The van der Waals surface area contributed by atoms with Gasteiger partial charge in [-0.2, -0.15) is 0 Å². The number of aryl methyl sites for hydroxylation is 2. The first-order chi connectivity index (χ1) is 14.9. The molecular formula is C24H23ClN2O4. The van der Waals surface area contributed by atoms with Crippen LogP contribution in [0.15, 0.2) is 45.7 Å². The van der Waals surface area contributed by atoms with E-state index in [1.807, 2.05) is 44.3 Å². The highest BCUT2D eigenvalue weighted by Gasteiger charge is 2.18. The van der Waals surface area contributed by atoms with Crippen molar-refractivity contribution in [1.82, 2.24) is 10.3 Å². The minimum absolute atomic E-state index is 0.0547. The van der Waals surface area contributed by atoms with Gasteiger partial charge >= 0.3 is 5.63 Å². The van der Waals surface area contributed by atoms with Gasteiger partial charge < -0.3 is 19.5 Å². The SMILES string of the molecule is COc1cc(C)cc2oc(=O)c(CC(=O)NCCc3c[nH]c4ccc(Cl)cc34)c(C)c12. The maximum Gasteiger partial charge on any atom is 0.340 e. The third-order valence-electron chi connectivity index (χ3n) is 5.49. The molecule has 2 aromatic carbocycles. The molecule has 0 atom stereocenters. The van der Waals surface area contributed by atoms with Crippen molar-refractivity contribution in [2.75, 3.05) is 13.7 Å². The fourth-order valence-electron chi connectivity index (χ4n) is 3.92. The monoisotopic (exact) mass is 438 g/mol. The molecule has 2 heterocycles. The number of amides is 1. The maximum absolute atomic E-state index is 12.6. The number of benzene rings is 2. The van der Waals surface area contributed by atoms with Gasteiger partial charge in [-0.15, -0.1) is 0 Å². The largest absolute Gasteiger partial charge is 0.496 e. The van der Waals surface area contributed by atoms with E-state index in [1.165, 1.54) is 0 Å². The van der Waals surface area contributed by atoms with Crippen molar-refractivity contribution in [3.05, 3.63) is 74.2 Å². The number of carbonyl (C=O) groups is 1. The summed E-state index contributed by atoms with van der Waals surface area (Å²) < 4.78 is 11.0. The average molecular weight is 439 g/mol. The molecule has 160 valence electrons.